The Bertz CT molecular complexity index is 1020. The first-order valence-corrected chi connectivity index (χ1v) is 18.9. The molecule has 0 aromatic heterocycles. The molecule has 4 rings (SSSR count). The minimum atomic E-state index is -1.53. The van der Waals surface area contributed by atoms with Crippen molar-refractivity contribution in [1.29, 1.82) is 0 Å². The molecule has 9 heteroatoms. The van der Waals surface area contributed by atoms with Crippen LogP contribution in [0.4, 0.5) is 4.79 Å². The highest BCUT2D eigenvalue weighted by molar-refractivity contribution is 5.67. The number of rotatable bonds is 14. The molecule has 12 atom stereocenters. The summed E-state index contributed by atoms with van der Waals surface area (Å²) in [6.07, 6.45) is 11.9. The van der Waals surface area contributed by atoms with Crippen molar-refractivity contribution >= 4 is 6.09 Å². The Labute approximate surface area is 284 Å². The molecule has 272 valence electrons. The molecule has 9 nitrogen and oxygen atoms in total. The lowest BCUT2D eigenvalue weighted by Gasteiger charge is -2.50. The van der Waals surface area contributed by atoms with Crippen LogP contribution in [0.2, 0.25) is 0 Å². The van der Waals surface area contributed by atoms with Crippen LogP contribution in [-0.2, 0) is 14.2 Å². The molecular formula is C38H67NO8. The molecule has 4 aliphatic rings. The van der Waals surface area contributed by atoms with Crippen LogP contribution in [0.25, 0.3) is 0 Å². The summed E-state index contributed by atoms with van der Waals surface area (Å²) < 4.78 is 16.8. The quantitative estimate of drug-likeness (QED) is 0.111. The van der Waals surface area contributed by atoms with Gasteiger partial charge in [-0.1, -0.05) is 72.0 Å². The van der Waals surface area contributed by atoms with Crippen molar-refractivity contribution < 1.29 is 39.4 Å². The third-order valence-corrected chi connectivity index (χ3v) is 12.7. The van der Waals surface area contributed by atoms with Crippen LogP contribution in [-0.4, -0.2) is 82.6 Å². The predicted molar refractivity (Wildman–Crippen MR) is 182 cm³/mol. The zero-order valence-electron chi connectivity index (χ0n) is 30.2. The molecule has 0 bridgehead atoms. The summed E-state index contributed by atoms with van der Waals surface area (Å²) in [7, 11) is 0. The lowest BCUT2D eigenvalue weighted by Crippen LogP contribution is -2.65. The van der Waals surface area contributed by atoms with Gasteiger partial charge in [-0.05, 0) is 99.2 Å². The van der Waals surface area contributed by atoms with E-state index in [9.17, 15) is 25.2 Å². The Balaban J connectivity index is 1.24. The van der Waals surface area contributed by atoms with Crippen molar-refractivity contribution in [1.82, 2.24) is 5.32 Å². The zero-order valence-corrected chi connectivity index (χ0v) is 30.2. The van der Waals surface area contributed by atoms with E-state index in [1.165, 1.54) is 63.9 Å². The topological polar surface area (TPSA) is 138 Å². The number of allylic oxidation sites excluding steroid dienone is 1. The van der Waals surface area contributed by atoms with Gasteiger partial charge in [0.25, 0.3) is 0 Å². The van der Waals surface area contributed by atoms with E-state index in [1.807, 2.05) is 0 Å². The van der Waals surface area contributed by atoms with Gasteiger partial charge in [0.15, 0.2) is 6.29 Å². The summed E-state index contributed by atoms with van der Waals surface area (Å²) in [6.45, 7) is 13.2. The average molecular weight is 666 g/mol. The Hall–Kier alpha value is -1.23. The lowest BCUT2D eigenvalue weighted by molar-refractivity contribution is -0.332. The second kappa shape index (κ2) is 17.1. The maximum absolute atomic E-state index is 12.6. The normalized spacial score (nSPS) is 40.7. The van der Waals surface area contributed by atoms with Crippen molar-refractivity contribution in [3.8, 4) is 0 Å². The Morgan fingerprint density at radius 1 is 1.09 bits per heavy atom. The van der Waals surface area contributed by atoms with Gasteiger partial charge >= 0.3 is 6.09 Å². The first-order valence-electron chi connectivity index (χ1n) is 18.9. The molecule has 0 spiro atoms. The van der Waals surface area contributed by atoms with Crippen LogP contribution in [0.1, 0.15) is 125 Å². The average Bonchev–Trinajstić information content (AvgIpc) is 3.40. The van der Waals surface area contributed by atoms with Crippen LogP contribution in [0.3, 0.4) is 0 Å². The van der Waals surface area contributed by atoms with E-state index in [0.29, 0.717) is 5.41 Å². The Morgan fingerprint density at radius 3 is 2.55 bits per heavy atom. The number of carbonyl (C=O) groups excluding carboxylic acids is 1. The highest BCUT2D eigenvalue weighted by atomic mass is 16.7. The van der Waals surface area contributed by atoms with Crippen LogP contribution in [0.15, 0.2) is 11.6 Å². The molecular weight excluding hydrogens is 598 g/mol. The molecule has 1 saturated heterocycles. The third kappa shape index (κ3) is 9.31. The van der Waals surface area contributed by atoms with E-state index in [1.54, 1.807) is 0 Å². The van der Waals surface area contributed by atoms with Gasteiger partial charge in [-0.3, -0.25) is 0 Å². The third-order valence-electron chi connectivity index (χ3n) is 12.7. The van der Waals surface area contributed by atoms with E-state index in [2.05, 4.69) is 46.0 Å². The molecule has 10 unspecified atom stereocenters. The molecule has 1 heterocycles. The van der Waals surface area contributed by atoms with E-state index in [0.717, 1.165) is 67.6 Å². The SMILES string of the molecule is CCC1CC[C@]2(C)C(C(C)CCCC(C)C)CCC2C1C/C=C1\CCCC(OC(=O)NCCOC2OC(C)(CO)[C@H](O)C(O)C2O)C1. The fourth-order valence-corrected chi connectivity index (χ4v) is 9.79. The van der Waals surface area contributed by atoms with Crippen molar-refractivity contribution in [3.63, 3.8) is 0 Å². The largest absolute Gasteiger partial charge is 0.446 e. The number of hydrogen-bond acceptors (Lipinski definition) is 8. The van der Waals surface area contributed by atoms with Crippen LogP contribution in [0.5, 0.6) is 0 Å². The molecule has 0 radical (unpaired) electrons. The maximum Gasteiger partial charge on any atom is 0.407 e. The summed E-state index contributed by atoms with van der Waals surface area (Å²) >= 11 is 0. The number of aliphatic hydroxyl groups is 4. The molecule has 5 N–H and O–H groups in total. The maximum atomic E-state index is 12.6. The molecule has 3 saturated carbocycles. The smallest absolute Gasteiger partial charge is 0.407 e. The van der Waals surface area contributed by atoms with Crippen molar-refractivity contribution in [2.75, 3.05) is 19.8 Å². The molecule has 1 aliphatic heterocycles. The fourth-order valence-electron chi connectivity index (χ4n) is 9.79. The highest BCUT2D eigenvalue weighted by Gasteiger charge is 2.54. The van der Waals surface area contributed by atoms with Gasteiger partial charge in [-0.15, -0.1) is 0 Å². The second-order valence-electron chi connectivity index (χ2n) is 16.4. The zero-order chi connectivity index (χ0) is 34.4. The monoisotopic (exact) mass is 665 g/mol. The van der Waals surface area contributed by atoms with Crippen molar-refractivity contribution in [2.24, 2.45) is 40.9 Å². The van der Waals surface area contributed by atoms with Gasteiger partial charge in [0.05, 0.1) is 13.2 Å². The number of carbonyl (C=O) groups is 1. The number of hydrogen-bond donors (Lipinski definition) is 5. The Kier molecular flexibility index (Phi) is 14.1. The summed E-state index contributed by atoms with van der Waals surface area (Å²) in [5.41, 5.74) is 0.417. The van der Waals surface area contributed by atoms with Crippen LogP contribution >= 0.6 is 0 Å². The molecule has 0 aromatic carbocycles. The fraction of sp³-hybridized carbons (Fsp3) is 0.921. The van der Waals surface area contributed by atoms with Gasteiger partial charge in [-0.25, -0.2) is 4.79 Å². The van der Waals surface area contributed by atoms with Gasteiger partial charge in [-0.2, -0.15) is 0 Å². The summed E-state index contributed by atoms with van der Waals surface area (Å²) in [5, 5.41) is 42.7. The standard InChI is InChI=1S/C38H67NO8/c1-7-27-18-19-37(5)30(25(4)11-8-10-24(2)3)16-17-31(37)29(27)15-14-26-12-9-13-28(22-26)46-36(44)39-20-21-45-35-33(42)32(41)34(43)38(6,23-40)47-35/h14,24-25,27-35,40-43H,7-13,15-23H2,1-6H3,(H,39,44)/b26-14+/t25?,27?,28?,29?,30?,31?,32?,33?,34-,35?,37-,38?/m1/s1. The summed E-state index contributed by atoms with van der Waals surface area (Å²) in [6, 6.07) is 0. The molecule has 3 aliphatic carbocycles. The highest BCUT2D eigenvalue weighted by Crippen LogP contribution is 2.62. The molecule has 4 fully saturated rings. The minimum absolute atomic E-state index is 0.00534. The van der Waals surface area contributed by atoms with Gasteiger partial charge in [0.1, 0.15) is 30.0 Å². The summed E-state index contributed by atoms with van der Waals surface area (Å²) in [5.74, 6) is 4.81. The van der Waals surface area contributed by atoms with E-state index >= 15 is 0 Å². The van der Waals surface area contributed by atoms with E-state index in [-0.39, 0.29) is 19.3 Å². The first kappa shape index (κ1) is 38.6. The van der Waals surface area contributed by atoms with E-state index < -0.39 is 42.9 Å². The molecule has 47 heavy (non-hydrogen) atoms. The number of ether oxygens (including phenoxy) is 3. The van der Waals surface area contributed by atoms with Gasteiger partial charge in [0, 0.05) is 13.0 Å². The van der Waals surface area contributed by atoms with Crippen molar-refractivity contribution in [3.05, 3.63) is 11.6 Å². The van der Waals surface area contributed by atoms with Gasteiger partial charge < -0.3 is 40.0 Å². The lowest BCUT2D eigenvalue weighted by atomic mass is 9.55. The van der Waals surface area contributed by atoms with Crippen molar-refractivity contribution in [2.45, 2.75) is 161 Å². The Morgan fingerprint density at radius 2 is 1.85 bits per heavy atom. The number of nitrogens with one attached hydrogen (secondary N) is 1. The number of amides is 1. The number of fused-ring (bicyclic) bond motifs is 1. The number of aliphatic hydroxyl groups excluding tert-OH is 4. The molecule has 1 amide bonds. The second-order valence-corrected chi connectivity index (χ2v) is 16.4. The van der Waals surface area contributed by atoms with Crippen LogP contribution < -0.4 is 5.32 Å². The van der Waals surface area contributed by atoms with Crippen LogP contribution in [0, 0.1) is 40.9 Å². The van der Waals surface area contributed by atoms with E-state index in [4.69, 9.17) is 14.2 Å². The molecule has 0 aromatic rings. The van der Waals surface area contributed by atoms with Gasteiger partial charge in [0.2, 0.25) is 0 Å². The summed E-state index contributed by atoms with van der Waals surface area (Å²) in [4.78, 5) is 12.6. The number of alkyl carbamates (subject to hydrolysis) is 1. The first-order chi connectivity index (χ1) is 22.3. The minimum Gasteiger partial charge on any atom is -0.446 e. The predicted octanol–water partition coefficient (Wildman–Crippen LogP) is 6.11.